The molecule has 5 rings (SSSR count). The van der Waals surface area contributed by atoms with Gasteiger partial charge in [-0.25, -0.2) is 18.7 Å². The van der Waals surface area contributed by atoms with E-state index >= 15 is 0 Å². The Bertz CT molecular complexity index is 1060. The predicted octanol–water partition coefficient (Wildman–Crippen LogP) is 3.00. The molecule has 0 saturated heterocycles. The lowest BCUT2D eigenvalue weighted by molar-refractivity contribution is 0.0697. The molecule has 0 N–H and O–H groups in total. The zero-order valence-corrected chi connectivity index (χ0v) is 18.6. The molecule has 0 aliphatic heterocycles. The van der Waals surface area contributed by atoms with Gasteiger partial charge in [-0.15, -0.1) is 0 Å². The first-order chi connectivity index (χ1) is 16.9. The molecule has 0 radical (unpaired) electrons. The summed E-state index contributed by atoms with van der Waals surface area (Å²) in [6.07, 6.45) is 14.4. The Morgan fingerprint density at radius 1 is 0.559 bits per heavy atom. The monoisotopic (exact) mass is 458 g/mol. The van der Waals surface area contributed by atoms with Crippen LogP contribution in [-0.2, 0) is 22.7 Å². The molecule has 1 aromatic carbocycles. The molecule has 0 aliphatic rings. The van der Waals surface area contributed by atoms with Crippen molar-refractivity contribution in [1.82, 2.24) is 39.1 Å². The first-order valence-corrected chi connectivity index (χ1v) is 11.1. The smallest absolute Gasteiger partial charge is 0.166 e. The summed E-state index contributed by atoms with van der Waals surface area (Å²) in [7, 11) is 0. The molecular weight excluding hydrogens is 432 g/mol. The highest BCUT2D eigenvalue weighted by molar-refractivity contribution is 5.22. The molecular formula is C24H26N8O2. The molecule has 0 amide bonds. The molecule has 0 atom stereocenters. The second kappa shape index (κ2) is 10.7. The Hall–Kier alpha value is -4.02. The largest absolute Gasteiger partial charge is 0.373 e. The lowest BCUT2D eigenvalue weighted by Gasteiger charge is -2.19. The SMILES string of the molecule is c1cc(COCC(n2cccn2)n2cccn2)cc(COCC(n2cccn2)n2cccn2)c1. The van der Waals surface area contributed by atoms with Crippen LogP contribution in [0.1, 0.15) is 23.5 Å². The van der Waals surface area contributed by atoms with Gasteiger partial charge in [-0.3, -0.25) is 0 Å². The summed E-state index contributed by atoms with van der Waals surface area (Å²) in [5, 5.41) is 17.4. The van der Waals surface area contributed by atoms with Crippen molar-refractivity contribution in [2.75, 3.05) is 13.2 Å². The van der Waals surface area contributed by atoms with Crippen LogP contribution in [0, 0.1) is 0 Å². The molecule has 4 heterocycles. The maximum absolute atomic E-state index is 6.04. The van der Waals surface area contributed by atoms with E-state index in [9.17, 15) is 0 Å². The van der Waals surface area contributed by atoms with E-state index in [1.165, 1.54) is 0 Å². The Labute approximate surface area is 197 Å². The fourth-order valence-electron chi connectivity index (χ4n) is 3.75. The topological polar surface area (TPSA) is 89.7 Å². The van der Waals surface area contributed by atoms with Gasteiger partial charge in [0, 0.05) is 49.6 Å². The zero-order chi connectivity index (χ0) is 23.0. The standard InChI is InChI=1S/C24H26N8O2/c1-6-21(17-33-19-23(29-12-2-8-25-29)30-13-3-9-26-30)16-22(7-1)18-34-20-24(31-14-4-10-27-31)32-15-5-11-28-32/h1-16,23-24H,17-20H2. The van der Waals surface area contributed by atoms with Crippen LogP contribution in [0.5, 0.6) is 0 Å². The summed E-state index contributed by atoms with van der Waals surface area (Å²) in [6, 6.07) is 15.8. The number of hydrogen-bond donors (Lipinski definition) is 0. The van der Waals surface area contributed by atoms with Crippen molar-refractivity contribution >= 4 is 0 Å². The molecule has 174 valence electrons. The van der Waals surface area contributed by atoms with Gasteiger partial charge in [-0.05, 0) is 35.4 Å². The Kier molecular flexibility index (Phi) is 6.88. The van der Waals surface area contributed by atoms with E-state index in [0.29, 0.717) is 26.4 Å². The van der Waals surface area contributed by atoms with E-state index in [2.05, 4.69) is 38.6 Å². The molecule has 0 fully saturated rings. The minimum Gasteiger partial charge on any atom is -0.373 e. The van der Waals surface area contributed by atoms with Crippen molar-refractivity contribution in [2.45, 2.75) is 25.5 Å². The summed E-state index contributed by atoms with van der Waals surface area (Å²) in [6.45, 7) is 1.85. The van der Waals surface area contributed by atoms with Crippen LogP contribution in [0.3, 0.4) is 0 Å². The summed E-state index contributed by atoms with van der Waals surface area (Å²) < 4.78 is 19.4. The van der Waals surface area contributed by atoms with Crippen molar-refractivity contribution in [3.05, 3.63) is 109 Å². The third-order valence-corrected chi connectivity index (χ3v) is 5.38. The van der Waals surface area contributed by atoms with Gasteiger partial charge in [0.2, 0.25) is 0 Å². The third kappa shape index (κ3) is 5.30. The van der Waals surface area contributed by atoms with E-state index in [1.54, 1.807) is 24.8 Å². The number of nitrogens with zero attached hydrogens (tertiary/aromatic N) is 8. The number of aromatic nitrogens is 8. The van der Waals surface area contributed by atoms with Gasteiger partial charge >= 0.3 is 0 Å². The van der Waals surface area contributed by atoms with Crippen LogP contribution in [0.2, 0.25) is 0 Å². The van der Waals surface area contributed by atoms with E-state index in [-0.39, 0.29) is 12.3 Å². The van der Waals surface area contributed by atoms with Gasteiger partial charge < -0.3 is 9.47 Å². The van der Waals surface area contributed by atoms with E-state index in [4.69, 9.17) is 9.47 Å². The number of rotatable bonds is 12. The summed E-state index contributed by atoms with van der Waals surface area (Å²) in [4.78, 5) is 0. The van der Waals surface area contributed by atoms with Crippen molar-refractivity contribution in [3.63, 3.8) is 0 Å². The molecule has 0 bridgehead atoms. The maximum atomic E-state index is 6.04. The molecule has 10 nitrogen and oxygen atoms in total. The molecule has 0 spiro atoms. The fourth-order valence-corrected chi connectivity index (χ4v) is 3.75. The Morgan fingerprint density at radius 2 is 0.941 bits per heavy atom. The molecule has 4 aromatic heterocycles. The molecule has 10 heteroatoms. The van der Waals surface area contributed by atoms with Crippen LogP contribution < -0.4 is 0 Å². The van der Waals surface area contributed by atoms with Crippen LogP contribution in [0.25, 0.3) is 0 Å². The van der Waals surface area contributed by atoms with Crippen LogP contribution in [0.4, 0.5) is 0 Å². The summed E-state index contributed by atoms with van der Waals surface area (Å²) in [5.74, 6) is 0. The lowest BCUT2D eigenvalue weighted by atomic mass is 10.1. The Morgan fingerprint density at radius 3 is 1.26 bits per heavy atom. The van der Waals surface area contributed by atoms with Crippen molar-refractivity contribution < 1.29 is 9.47 Å². The minimum atomic E-state index is -0.141. The van der Waals surface area contributed by atoms with Gasteiger partial charge in [0.15, 0.2) is 12.3 Å². The molecule has 0 aliphatic carbocycles. The van der Waals surface area contributed by atoms with Gasteiger partial charge in [-0.1, -0.05) is 24.3 Å². The summed E-state index contributed by atoms with van der Waals surface area (Å²) in [5.41, 5.74) is 2.16. The Balaban J connectivity index is 1.16. The van der Waals surface area contributed by atoms with Crippen molar-refractivity contribution in [3.8, 4) is 0 Å². The normalized spacial score (nSPS) is 11.6. The molecule has 34 heavy (non-hydrogen) atoms. The quantitative estimate of drug-likeness (QED) is 0.286. The fraction of sp³-hybridized carbons (Fsp3) is 0.250. The number of hydrogen-bond acceptors (Lipinski definition) is 6. The highest BCUT2D eigenvalue weighted by Gasteiger charge is 2.15. The van der Waals surface area contributed by atoms with Crippen LogP contribution >= 0.6 is 0 Å². The number of benzene rings is 1. The minimum absolute atomic E-state index is 0.141. The van der Waals surface area contributed by atoms with Gasteiger partial charge in [-0.2, -0.15) is 20.4 Å². The highest BCUT2D eigenvalue weighted by atomic mass is 16.5. The van der Waals surface area contributed by atoms with E-state index < -0.39 is 0 Å². The van der Waals surface area contributed by atoms with Crippen molar-refractivity contribution in [1.29, 1.82) is 0 Å². The third-order valence-electron chi connectivity index (χ3n) is 5.38. The van der Waals surface area contributed by atoms with E-state index in [1.807, 2.05) is 73.8 Å². The van der Waals surface area contributed by atoms with Gasteiger partial charge in [0.25, 0.3) is 0 Å². The first-order valence-electron chi connectivity index (χ1n) is 11.1. The summed E-state index contributed by atoms with van der Waals surface area (Å²) >= 11 is 0. The lowest BCUT2D eigenvalue weighted by Crippen LogP contribution is -2.24. The molecule has 0 saturated carbocycles. The predicted molar refractivity (Wildman–Crippen MR) is 124 cm³/mol. The second-order valence-electron chi connectivity index (χ2n) is 7.76. The zero-order valence-electron chi connectivity index (χ0n) is 18.6. The first kappa shape index (κ1) is 21.8. The van der Waals surface area contributed by atoms with Gasteiger partial charge in [0.05, 0.1) is 26.4 Å². The number of ether oxygens (including phenoxy) is 2. The van der Waals surface area contributed by atoms with Crippen LogP contribution in [-0.4, -0.2) is 52.3 Å². The molecule has 5 aromatic rings. The average Bonchev–Trinajstić information content (AvgIpc) is 3.68. The van der Waals surface area contributed by atoms with Gasteiger partial charge in [0.1, 0.15) is 0 Å². The second-order valence-corrected chi connectivity index (χ2v) is 7.76. The van der Waals surface area contributed by atoms with Crippen molar-refractivity contribution in [2.24, 2.45) is 0 Å². The van der Waals surface area contributed by atoms with E-state index in [0.717, 1.165) is 11.1 Å². The molecule has 0 unspecified atom stereocenters. The highest BCUT2D eigenvalue weighted by Crippen LogP contribution is 2.14. The van der Waals surface area contributed by atoms with Crippen LogP contribution in [0.15, 0.2) is 98.1 Å². The maximum Gasteiger partial charge on any atom is 0.166 e. The average molecular weight is 459 g/mol.